The molecule has 4 nitrogen and oxygen atoms in total. The van der Waals surface area contributed by atoms with Crippen LogP contribution in [0.5, 0.6) is 5.75 Å². The van der Waals surface area contributed by atoms with E-state index >= 15 is 0 Å². The first-order valence-corrected chi connectivity index (χ1v) is 7.88. The normalized spacial score (nSPS) is 10.2. The molecular formula is C18H32N2O2. The van der Waals surface area contributed by atoms with Gasteiger partial charge in [0.05, 0.1) is 6.61 Å². The van der Waals surface area contributed by atoms with E-state index in [4.69, 9.17) is 4.74 Å². The van der Waals surface area contributed by atoms with E-state index in [2.05, 4.69) is 24.1 Å². The lowest BCUT2D eigenvalue weighted by Gasteiger charge is -2.17. The highest BCUT2D eigenvalue weighted by atomic mass is 16.5. The van der Waals surface area contributed by atoms with Gasteiger partial charge in [-0.2, -0.15) is 0 Å². The molecule has 0 aliphatic carbocycles. The smallest absolute Gasteiger partial charge is 0.221 e. The summed E-state index contributed by atoms with van der Waals surface area (Å²) in [6.07, 6.45) is 3.50. The van der Waals surface area contributed by atoms with E-state index in [0.717, 1.165) is 37.6 Å². The number of anilines is 1. The minimum Gasteiger partial charge on any atom is -0.494 e. The van der Waals surface area contributed by atoms with Crippen LogP contribution in [0, 0.1) is 0 Å². The minimum absolute atomic E-state index is 0. The first kappa shape index (κ1) is 20.5. The van der Waals surface area contributed by atoms with Crippen molar-refractivity contribution >= 4 is 11.6 Å². The summed E-state index contributed by atoms with van der Waals surface area (Å²) in [6, 6.07) is 7.50. The van der Waals surface area contributed by atoms with Gasteiger partial charge in [-0.1, -0.05) is 21.3 Å². The third kappa shape index (κ3) is 8.67. The van der Waals surface area contributed by atoms with Gasteiger partial charge in [-0.3, -0.25) is 4.79 Å². The molecule has 0 unspecified atom stereocenters. The highest BCUT2D eigenvalue weighted by molar-refractivity contribution is 5.88. The molecule has 1 aromatic rings. The molecule has 1 rings (SSSR count). The van der Waals surface area contributed by atoms with Gasteiger partial charge in [0, 0.05) is 12.6 Å². The summed E-state index contributed by atoms with van der Waals surface area (Å²) in [6.45, 7) is 10.1. The maximum Gasteiger partial charge on any atom is 0.221 e. The lowest BCUT2D eigenvalue weighted by molar-refractivity contribution is -0.114. The van der Waals surface area contributed by atoms with Crippen LogP contribution in [0.4, 0.5) is 5.69 Å². The van der Waals surface area contributed by atoms with E-state index in [1.807, 2.05) is 24.3 Å². The third-order valence-corrected chi connectivity index (χ3v) is 3.46. The van der Waals surface area contributed by atoms with Gasteiger partial charge < -0.3 is 15.0 Å². The molecule has 1 amide bonds. The van der Waals surface area contributed by atoms with Crippen molar-refractivity contribution in [2.24, 2.45) is 0 Å². The average molecular weight is 308 g/mol. The fourth-order valence-electron chi connectivity index (χ4n) is 2.18. The minimum atomic E-state index is -0.0585. The Morgan fingerprint density at radius 1 is 1.09 bits per heavy atom. The number of carbonyl (C=O) groups is 1. The predicted molar refractivity (Wildman–Crippen MR) is 94.6 cm³/mol. The Morgan fingerprint density at radius 3 is 2.27 bits per heavy atom. The first-order valence-electron chi connectivity index (χ1n) is 7.88. The van der Waals surface area contributed by atoms with Gasteiger partial charge >= 0.3 is 0 Å². The Labute approximate surface area is 135 Å². The number of amides is 1. The van der Waals surface area contributed by atoms with Crippen LogP contribution in [-0.4, -0.2) is 37.0 Å². The highest BCUT2D eigenvalue weighted by Crippen LogP contribution is 2.16. The topological polar surface area (TPSA) is 41.6 Å². The van der Waals surface area contributed by atoms with Crippen LogP contribution in [0.3, 0.4) is 0 Å². The van der Waals surface area contributed by atoms with Crippen LogP contribution in [0.15, 0.2) is 24.3 Å². The van der Waals surface area contributed by atoms with Gasteiger partial charge in [-0.15, -0.1) is 0 Å². The van der Waals surface area contributed by atoms with Gasteiger partial charge in [0.25, 0.3) is 0 Å². The summed E-state index contributed by atoms with van der Waals surface area (Å²) >= 11 is 0. The van der Waals surface area contributed by atoms with Crippen LogP contribution >= 0.6 is 0 Å². The highest BCUT2D eigenvalue weighted by Gasteiger charge is 1.99. The second kappa shape index (κ2) is 12.0. The fraction of sp³-hybridized carbons (Fsp3) is 0.611. The Kier molecular flexibility index (Phi) is 11.2. The average Bonchev–Trinajstić information content (AvgIpc) is 2.48. The molecule has 4 heteroatoms. The number of ether oxygens (including phenoxy) is 1. The largest absolute Gasteiger partial charge is 0.494 e. The molecule has 0 spiro atoms. The summed E-state index contributed by atoms with van der Waals surface area (Å²) in [4.78, 5) is 13.4. The Balaban J connectivity index is 0.00000441. The van der Waals surface area contributed by atoms with Crippen LogP contribution in [0.2, 0.25) is 0 Å². The molecule has 0 atom stereocenters. The lowest BCUT2D eigenvalue weighted by Crippen LogP contribution is -2.23. The zero-order chi connectivity index (χ0) is 15.5. The summed E-state index contributed by atoms with van der Waals surface area (Å²) in [5.74, 6) is 0.796. The number of carbonyl (C=O) groups excluding carboxylic acids is 1. The second-order valence-corrected chi connectivity index (χ2v) is 5.14. The Morgan fingerprint density at radius 2 is 1.73 bits per heavy atom. The van der Waals surface area contributed by atoms with E-state index in [9.17, 15) is 4.79 Å². The Bertz CT molecular complexity index is 400. The molecule has 0 fully saturated rings. The molecule has 0 heterocycles. The Hall–Kier alpha value is -1.55. The molecule has 1 N–H and O–H groups in total. The molecule has 0 saturated carbocycles. The standard InChI is InChI=1S/C17H28N2O2.CH4/c1-4-19(5-2)13-7-6-8-14-21-17-11-9-16(10-12-17)18-15(3)20;/h9-12H,4-8,13-14H2,1-3H3,(H,18,20);1H4. The fourth-order valence-corrected chi connectivity index (χ4v) is 2.18. The van der Waals surface area contributed by atoms with E-state index < -0.39 is 0 Å². The molecule has 0 bridgehead atoms. The number of nitrogens with one attached hydrogen (secondary N) is 1. The van der Waals surface area contributed by atoms with Crippen molar-refractivity contribution in [3.8, 4) is 5.75 Å². The van der Waals surface area contributed by atoms with Gasteiger partial charge in [0.2, 0.25) is 5.91 Å². The summed E-state index contributed by atoms with van der Waals surface area (Å²) in [7, 11) is 0. The molecule has 0 aromatic heterocycles. The first-order chi connectivity index (χ1) is 10.2. The second-order valence-electron chi connectivity index (χ2n) is 5.14. The van der Waals surface area contributed by atoms with E-state index in [0.29, 0.717) is 0 Å². The van der Waals surface area contributed by atoms with Crippen LogP contribution in [0.1, 0.15) is 47.5 Å². The molecule has 0 radical (unpaired) electrons. The number of nitrogens with zero attached hydrogens (tertiary/aromatic N) is 1. The zero-order valence-electron chi connectivity index (χ0n) is 13.5. The van der Waals surface area contributed by atoms with Crippen molar-refractivity contribution < 1.29 is 9.53 Å². The van der Waals surface area contributed by atoms with Crippen molar-refractivity contribution in [1.29, 1.82) is 0 Å². The van der Waals surface area contributed by atoms with Gasteiger partial charge in [0.15, 0.2) is 0 Å². The van der Waals surface area contributed by atoms with Gasteiger partial charge in [-0.05, 0) is 63.2 Å². The van der Waals surface area contributed by atoms with Gasteiger partial charge in [-0.25, -0.2) is 0 Å². The molecule has 126 valence electrons. The summed E-state index contributed by atoms with van der Waals surface area (Å²) < 4.78 is 5.70. The molecule has 0 aliphatic rings. The SMILES string of the molecule is C.CCN(CC)CCCCCOc1ccc(NC(C)=O)cc1. The summed E-state index contributed by atoms with van der Waals surface area (Å²) in [5, 5.41) is 2.74. The van der Waals surface area contributed by atoms with E-state index in [1.54, 1.807) is 0 Å². The number of hydrogen-bond donors (Lipinski definition) is 1. The van der Waals surface area contributed by atoms with E-state index in [-0.39, 0.29) is 13.3 Å². The van der Waals surface area contributed by atoms with Crippen LogP contribution in [0.25, 0.3) is 0 Å². The number of benzene rings is 1. The molecular weight excluding hydrogens is 276 g/mol. The third-order valence-electron chi connectivity index (χ3n) is 3.46. The molecule has 1 aromatic carbocycles. The molecule has 22 heavy (non-hydrogen) atoms. The maximum atomic E-state index is 10.9. The van der Waals surface area contributed by atoms with Crippen molar-refractivity contribution in [1.82, 2.24) is 4.90 Å². The lowest BCUT2D eigenvalue weighted by atomic mass is 10.2. The quantitative estimate of drug-likeness (QED) is 0.660. The predicted octanol–water partition coefficient (Wildman–Crippen LogP) is 4.17. The van der Waals surface area contributed by atoms with Crippen LogP contribution < -0.4 is 10.1 Å². The van der Waals surface area contributed by atoms with Crippen molar-refractivity contribution in [2.75, 3.05) is 31.6 Å². The van der Waals surface area contributed by atoms with Crippen molar-refractivity contribution in [2.45, 2.75) is 47.5 Å². The molecule has 0 aliphatic heterocycles. The maximum absolute atomic E-state index is 10.9. The van der Waals surface area contributed by atoms with Gasteiger partial charge in [0.1, 0.15) is 5.75 Å². The monoisotopic (exact) mass is 308 g/mol. The van der Waals surface area contributed by atoms with Crippen LogP contribution in [-0.2, 0) is 4.79 Å². The number of hydrogen-bond acceptors (Lipinski definition) is 3. The number of rotatable bonds is 10. The number of unbranched alkanes of at least 4 members (excludes halogenated alkanes) is 2. The zero-order valence-corrected chi connectivity index (χ0v) is 13.5. The van der Waals surface area contributed by atoms with E-state index in [1.165, 1.54) is 26.3 Å². The summed E-state index contributed by atoms with van der Waals surface area (Å²) in [5.41, 5.74) is 0.800. The van der Waals surface area contributed by atoms with Crippen molar-refractivity contribution in [3.63, 3.8) is 0 Å². The van der Waals surface area contributed by atoms with Crippen molar-refractivity contribution in [3.05, 3.63) is 24.3 Å². The molecule has 0 saturated heterocycles.